The van der Waals surface area contributed by atoms with Crippen LogP contribution in [0.3, 0.4) is 0 Å². The van der Waals surface area contributed by atoms with Crippen molar-refractivity contribution in [3.63, 3.8) is 0 Å². The highest BCUT2D eigenvalue weighted by molar-refractivity contribution is 5.84. The van der Waals surface area contributed by atoms with Crippen LogP contribution >= 0.6 is 0 Å². The van der Waals surface area contributed by atoms with Crippen molar-refractivity contribution in [3.8, 4) is 17.3 Å². The number of rotatable bonds is 4. The monoisotopic (exact) mass is 462 g/mol. The van der Waals surface area contributed by atoms with Crippen LogP contribution in [0.15, 0.2) is 43.0 Å². The minimum absolute atomic E-state index is 0.0682. The topological polar surface area (TPSA) is 93.1 Å². The number of likely N-dealkylation sites (tertiary alicyclic amines) is 1. The third-order valence-corrected chi connectivity index (χ3v) is 7.25. The number of aryl methyl sites for hydroxylation is 1. The molecule has 3 aromatic rings. The van der Waals surface area contributed by atoms with E-state index in [1.807, 2.05) is 4.90 Å². The van der Waals surface area contributed by atoms with Crippen LogP contribution in [0.4, 0.5) is 10.2 Å². The molecule has 3 aromatic heterocycles. The second kappa shape index (κ2) is 8.62. The summed E-state index contributed by atoms with van der Waals surface area (Å²) in [5, 5.41) is 3.64. The zero-order chi connectivity index (χ0) is 23.9. The molecule has 8 nitrogen and oxygen atoms in total. The number of nitrogens with one attached hydrogen (secondary N) is 1. The van der Waals surface area contributed by atoms with Crippen LogP contribution in [0.25, 0.3) is 11.4 Å². The van der Waals surface area contributed by atoms with Crippen molar-refractivity contribution in [2.45, 2.75) is 50.6 Å². The van der Waals surface area contributed by atoms with Gasteiger partial charge in [-0.15, -0.1) is 0 Å². The number of anilines is 1. The number of carbonyl (C=O) groups is 1. The summed E-state index contributed by atoms with van der Waals surface area (Å²) in [5.41, 5.74) is 2.03. The molecule has 9 heteroatoms. The smallest absolute Gasteiger partial charge is 0.230 e. The van der Waals surface area contributed by atoms with E-state index in [1.165, 1.54) is 13.2 Å². The molecule has 0 aromatic carbocycles. The van der Waals surface area contributed by atoms with Crippen molar-refractivity contribution >= 4 is 11.7 Å². The third kappa shape index (κ3) is 3.74. The maximum Gasteiger partial charge on any atom is 0.230 e. The molecule has 34 heavy (non-hydrogen) atoms. The Kier molecular flexibility index (Phi) is 5.63. The van der Waals surface area contributed by atoms with Gasteiger partial charge in [0.25, 0.3) is 0 Å². The molecule has 1 unspecified atom stereocenters. The fourth-order valence-corrected chi connectivity index (χ4v) is 5.12. The number of hydrogen-bond donors (Lipinski definition) is 1. The van der Waals surface area contributed by atoms with E-state index in [0.29, 0.717) is 23.8 Å². The molecule has 1 N–H and O–H groups in total. The first-order valence-corrected chi connectivity index (χ1v) is 11.5. The fraction of sp³-hybridized carbons (Fsp3) is 0.400. The number of methoxy groups -OCH3 is 1. The zero-order valence-corrected chi connectivity index (χ0v) is 19.5. The molecule has 1 saturated heterocycles. The zero-order valence-electron chi connectivity index (χ0n) is 19.5. The highest BCUT2D eigenvalue weighted by Gasteiger charge is 2.49. The van der Waals surface area contributed by atoms with Gasteiger partial charge in [-0.3, -0.25) is 4.79 Å². The Hall–Kier alpha value is -3.62. The highest BCUT2D eigenvalue weighted by atomic mass is 19.1. The third-order valence-electron chi connectivity index (χ3n) is 7.25. The van der Waals surface area contributed by atoms with Crippen molar-refractivity contribution in [2.75, 3.05) is 19.0 Å². The van der Waals surface area contributed by atoms with Crippen LogP contribution < -0.4 is 10.1 Å². The van der Waals surface area contributed by atoms with Crippen molar-refractivity contribution in [1.29, 1.82) is 0 Å². The minimum atomic E-state index is -0.642. The van der Waals surface area contributed by atoms with Gasteiger partial charge in [0.2, 0.25) is 11.8 Å². The summed E-state index contributed by atoms with van der Waals surface area (Å²) in [7, 11) is 1.47. The average molecular weight is 463 g/mol. The number of pyridine rings is 2. The normalized spacial score (nSPS) is 22.2. The number of fused-ring (bicyclic) bond motifs is 1. The molecular weight excluding hydrogens is 435 g/mol. The lowest BCUT2D eigenvalue weighted by atomic mass is 9.81. The average Bonchev–Trinajstić information content (AvgIpc) is 3.18. The van der Waals surface area contributed by atoms with E-state index in [2.05, 4.69) is 38.2 Å². The maximum atomic E-state index is 14.5. The highest BCUT2D eigenvalue weighted by Crippen LogP contribution is 2.41. The van der Waals surface area contributed by atoms with Crippen LogP contribution in [0.2, 0.25) is 0 Å². The molecule has 2 aliphatic rings. The Morgan fingerprint density at radius 1 is 1.21 bits per heavy atom. The maximum absolute atomic E-state index is 14.5. The summed E-state index contributed by atoms with van der Waals surface area (Å²) in [6.07, 6.45) is 8.84. The Morgan fingerprint density at radius 2 is 2.00 bits per heavy atom. The fourth-order valence-electron chi connectivity index (χ4n) is 5.12. The minimum Gasteiger partial charge on any atom is -0.481 e. The molecule has 1 amide bonds. The second-order valence-electron chi connectivity index (χ2n) is 9.01. The van der Waals surface area contributed by atoms with Crippen LogP contribution in [-0.4, -0.2) is 56.0 Å². The molecule has 3 atom stereocenters. The van der Waals surface area contributed by atoms with Gasteiger partial charge >= 0.3 is 0 Å². The molecular formula is C25H27FN6O2. The Bertz CT molecular complexity index is 1220. The molecule has 1 fully saturated rings. The van der Waals surface area contributed by atoms with Crippen molar-refractivity contribution in [1.82, 2.24) is 24.8 Å². The van der Waals surface area contributed by atoms with Crippen molar-refractivity contribution < 1.29 is 13.9 Å². The quantitative estimate of drug-likeness (QED) is 0.633. The van der Waals surface area contributed by atoms with E-state index in [0.717, 1.165) is 42.4 Å². The first-order chi connectivity index (χ1) is 16.4. The van der Waals surface area contributed by atoms with Gasteiger partial charge in [0, 0.05) is 42.3 Å². The van der Waals surface area contributed by atoms with E-state index >= 15 is 0 Å². The number of halogens is 1. The predicted octanol–water partition coefficient (Wildman–Crippen LogP) is 3.60. The lowest BCUT2D eigenvalue weighted by Crippen LogP contribution is -2.52. The first-order valence-electron chi connectivity index (χ1n) is 11.5. The summed E-state index contributed by atoms with van der Waals surface area (Å²) in [6, 6.07) is 5.31. The molecule has 2 aliphatic heterocycles. The summed E-state index contributed by atoms with van der Waals surface area (Å²) in [6.45, 7) is 4.40. The first kappa shape index (κ1) is 22.2. The SMILES string of the molecule is COc1cc([C@@H](C)C(=O)N2CC[C@@]3(CCc4cc(-c5ncccn5)cnc4N3)C2C)c(F)cn1. The van der Waals surface area contributed by atoms with Gasteiger partial charge in [0.15, 0.2) is 5.82 Å². The molecule has 0 radical (unpaired) electrons. The van der Waals surface area contributed by atoms with Crippen molar-refractivity contribution in [3.05, 3.63) is 59.9 Å². The Balaban J connectivity index is 1.35. The molecule has 176 valence electrons. The van der Waals surface area contributed by atoms with Gasteiger partial charge in [-0.25, -0.2) is 24.3 Å². The van der Waals surface area contributed by atoms with Crippen molar-refractivity contribution in [2.24, 2.45) is 0 Å². The van der Waals surface area contributed by atoms with Crippen LogP contribution in [0.5, 0.6) is 5.88 Å². The summed E-state index contributed by atoms with van der Waals surface area (Å²) in [4.78, 5) is 32.5. The van der Waals surface area contributed by atoms with Gasteiger partial charge < -0.3 is 15.0 Å². The number of carbonyl (C=O) groups excluding carboxylic acids is 1. The van der Waals surface area contributed by atoms with E-state index in [9.17, 15) is 9.18 Å². The number of nitrogens with zero attached hydrogens (tertiary/aromatic N) is 5. The predicted molar refractivity (Wildman–Crippen MR) is 125 cm³/mol. The summed E-state index contributed by atoms with van der Waals surface area (Å²) < 4.78 is 19.6. The molecule has 0 bridgehead atoms. The molecule has 1 spiro atoms. The number of hydrogen-bond acceptors (Lipinski definition) is 7. The number of aromatic nitrogens is 4. The van der Waals surface area contributed by atoms with E-state index in [1.54, 1.807) is 31.6 Å². The molecule has 5 rings (SSSR count). The van der Waals surface area contributed by atoms with Gasteiger partial charge in [-0.2, -0.15) is 0 Å². The lowest BCUT2D eigenvalue weighted by molar-refractivity contribution is -0.133. The number of ether oxygens (including phenoxy) is 1. The van der Waals surface area contributed by atoms with Gasteiger partial charge in [-0.05, 0) is 50.8 Å². The van der Waals surface area contributed by atoms with E-state index in [4.69, 9.17) is 4.74 Å². The number of amides is 1. The largest absolute Gasteiger partial charge is 0.481 e. The standard InChI is InChI=1S/C25H27FN6O2/c1-15(19-12-21(34-3)29-14-20(19)26)24(33)32-10-7-25(16(32)2)6-5-17-11-18(13-30-23(17)31-25)22-27-8-4-9-28-22/h4,8-9,11-16H,5-7,10H2,1-3H3,(H,30,31)/t15-,16?,25+/m1/s1. The second-order valence-corrected chi connectivity index (χ2v) is 9.01. The lowest BCUT2D eigenvalue weighted by Gasteiger charge is -2.41. The molecule has 5 heterocycles. The van der Waals surface area contributed by atoms with Gasteiger partial charge in [0.05, 0.1) is 30.8 Å². The van der Waals surface area contributed by atoms with Gasteiger partial charge in [0.1, 0.15) is 11.6 Å². The van der Waals surface area contributed by atoms with E-state index in [-0.39, 0.29) is 17.5 Å². The van der Waals surface area contributed by atoms with E-state index < -0.39 is 11.7 Å². The molecule has 0 aliphatic carbocycles. The summed E-state index contributed by atoms with van der Waals surface area (Å²) >= 11 is 0. The van der Waals surface area contributed by atoms with Crippen LogP contribution in [-0.2, 0) is 11.2 Å². The van der Waals surface area contributed by atoms with Crippen LogP contribution in [0, 0.1) is 5.82 Å². The summed E-state index contributed by atoms with van der Waals surface area (Å²) in [5.74, 6) is 0.530. The molecule has 0 saturated carbocycles. The Morgan fingerprint density at radius 3 is 2.76 bits per heavy atom. The Labute approximate surface area is 197 Å². The van der Waals surface area contributed by atoms with Crippen LogP contribution in [0.1, 0.15) is 43.7 Å². The van der Waals surface area contributed by atoms with Gasteiger partial charge in [-0.1, -0.05) is 0 Å².